The molecule has 2 aromatic heterocycles. The third-order valence-electron chi connectivity index (χ3n) is 5.33. The number of thiophene rings is 1. The maximum absolute atomic E-state index is 13.3. The van der Waals surface area contributed by atoms with Crippen LogP contribution < -0.4 is 4.74 Å². The van der Waals surface area contributed by atoms with Crippen molar-refractivity contribution >= 4 is 34.8 Å². The summed E-state index contributed by atoms with van der Waals surface area (Å²) in [5.74, 6) is 1.06. The Balaban J connectivity index is 1.49. The Labute approximate surface area is 190 Å². The molecule has 0 saturated heterocycles. The fraction of sp³-hybridized carbons (Fsp3) is 0.304. The molecule has 162 valence electrons. The fourth-order valence-corrected chi connectivity index (χ4v) is 4.76. The molecule has 1 aromatic carbocycles. The number of ether oxygens (including phenoxy) is 1. The highest BCUT2D eigenvalue weighted by Gasteiger charge is 2.33. The maximum Gasteiger partial charge on any atom is 0.242 e. The molecule has 6 nitrogen and oxygen atoms in total. The van der Waals surface area contributed by atoms with Gasteiger partial charge in [-0.2, -0.15) is 0 Å². The normalized spacial score (nSPS) is 15.4. The van der Waals surface area contributed by atoms with Gasteiger partial charge in [0.05, 0.1) is 18.8 Å². The summed E-state index contributed by atoms with van der Waals surface area (Å²) < 4.78 is 11.3. The predicted molar refractivity (Wildman–Crippen MR) is 119 cm³/mol. The molecule has 0 aliphatic carbocycles. The van der Waals surface area contributed by atoms with Crippen LogP contribution in [-0.4, -0.2) is 41.3 Å². The predicted octanol–water partition coefficient (Wildman–Crippen LogP) is 4.55. The summed E-state index contributed by atoms with van der Waals surface area (Å²) >= 11 is 7.66. The van der Waals surface area contributed by atoms with Gasteiger partial charge in [0, 0.05) is 23.4 Å². The number of furan rings is 1. The van der Waals surface area contributed by atoms with Crippen LogP contribution in [0.25, 0.3) is 0 Å². The van der Waals surface area contributed by atoms with Crippen LogP contribution in [0.1, 0.15) is 29.2 Å². The van der Waals surface area contributed by atoms with Gasteiger partial charge in [0.25, 0.3) is 0 Å². The number of hydrogen-bond acceptors (Lipinski definition) is 5. The number of benzene rings is 1. The molecule has 0 N–H and O–H groups in total. The standard InChI is InChI=1S/C23H23ClN2O4S/c1-16(27)25(13-19-3-2-11-29-19)14-23(28)26-10-8-22-20(9-12-31-22)21(26)15-30-18-6-4-17(24)5-7-18/h2-7,9,11-12,21H,8,10,13-15H2,1H3. The minimum absolute atomic E-state index is 0.00700. The van der Waals surface area contributed by atoms with Gasteiger partial charge in [0.2, 0.25) is 11.8 Å². The van der Waals surface area contributed by atoms with Gasteiger partial charge in [-0.05, 0) is 59.8 Å². The van der Waals surface area contributed by atoms with Crippen LogP contribution in [0.3, 0.4) is 0 Å². The van der Waals surface area contributed by atoms with E-state index in [-0.39, 0.29) is 30.9 Å². The second-order valence-electron chi connectivity index (χ2n) is 7.37. The van der Waals surface area contributed by atoms with E-state index in [2.05, 4.69) is 6.07 Å². The second-order valence-corrected chi connectivity index (χ2v) is 8.81. The monoisotopic (exact) mass is 458 g/mol. The highest BCUT2D eigenvalue weighted by Crippen LogP contribution is 2.34. The lowest BCUT2D eigenvalue weighted by atomic mass is 10.0. The van der Waals surface area contributed by atoms with Gasteiger partial charge in [0.1, 0.15) is 24.7 Å². The van der Waals surface area contributed by atoms with Crippen LogP contribution in [0.15, 0.2) is 58.5 Å². The average Bonchev–Trinajstić information content (AvgIpc) is 3.44. The number of hydrogen-bond donors (Lipinski definition) is 0. The summed E-state index contributed by atoms with van der Waals surface area (Å²) in [4.78, 5) is 30.0. The van der Waals surface area contributed by atoms with Crippen LogP contribution in [0.4, 0.5) is 0 Å². The minimum Gasteiger partial charge on any atom is -0.491 e. The van der Waals surface area contributed by atoms with Crippen molar-refractivity contribution in [2.75, 3.05) is 19.7 Å². The Hall–Kier alpha value is -2.77. The van der Waals surface area contributed by atoms with Crippen molar-refractivity contribution < 1.29 is 18.7 Å². The topological polar surface area (TPSA) is 63.0 Å². The Morgan fingerprint density at radius 3 is 2.77 bits per heavy atom. The first-order chi connectivity index (χ1) is 15.0. The van der Waals surface area contributed by atoms with Crippen LogP contribution in [-0.2, 0) is 22.6 Å². The first kappa shape index (κ1) is 21.5. The number of halogens is 1. The number of rotatable bonds is 7. The molecule has 3 aromatic rings. The van der Waals surface area contributed by atoms with Gasteiger partial charge in [-0.25, -0.2) is 0 Å². The highest BCUT2D eigenvalue weighted by atomic mass is 35.5. The Morgan fingerprint density at radius 1 is 1.26 bits per heavy atom. The van der Waals surface area contributed by atoms with E-state index in [1.807, 2.05) is 22.4 Å². The van der Waals surface area contributed by atoms with Gasteiger partial charge in [-0.3, -0.25) is 9.59 Å². The number of carbonyl (C=O) groups excluding carboxylic acids is 2. The van der Waals surface area contributed by atoms with Gasteiger partial charge < -0.3 is 19.0 Å². The molecule has 0 spiro atoms. The third-order valence-corrected chi connectivity index (χ3v) is 6.58. The SMILES string of the molecule is CC(=O)N(CC(=O)N1CCc2sccc2C1COc1ccc(Cl)cc1)Cc1ccco1. The first-order valence-electron chi connectivity index (χ1n) is 10.0. The zero-order valence-corrected chi connectivity index (χ0v) is 18.7. The number of nitrogens with zero attached hydrogens (tertiary/aromatic N) is 2. The lowest BCUT2D eigenvalue weighted by Crippen LogP contribution is -2.47. The molecule has 8 heteroatoms. The Morgan fingerprint density at radius 2 is 2.06 bits per heavy atom. The third kappa shape index (κ3) is 5.11. The summed E-state index contributed by atoms with van der Waals surface area (Å²) in [7, 11) is 0. The zero-order chi connectivity index (χ0) is 21.8. The van der Waals surface area contributed by atoms with E-state index in [0.717, 1.165) is 12.0 Å². The summed E-state index contributed by atoms with van der Waals surface area (Å²) in [5, 5.41) is 2.69. The molecular formula is C23H23ClN2O4S. The molecule has 0 fully saturated rings. The Kier molecular flexibility index (Phi) is 6.63. The molecule has 0 bridgehead atoms. The van der Waals surface area contributed by atoms with Gasteiger partial charge in [0.15, 0.2) is 0 Å². The van der Waals surface area contributed by atoms with Gasteiger partial charge >= 0.3 is 0 Å². The number of fused-ring (bicyclic) bond motifs is 1. The molecule has 31 heavy (non-hydrogen) atoms. The van der Waals surface area contributed by atoms with Gasteiger partial charge in [-0.1, -0.05) is 11.6 Å². The highest BCUT2D eigenvalue weighted by molar-refractivity contribution is 7.10. The van der Waals surface area contributed by atoms with Crippen molar-refractivity contribution in [3.05, 3.63) is 75.3 Å². The zero-order valence-electron chi connectivity index (χ0n) is 17.1. The number of carbonyl (C=O) groups is 2. The van der Waals surface area contributed by atoms with Crippen molar-refractivity contribution in [1.82, 2.24) is 9.80 Å². The molecule has 1 atom stereocenters. The molecule has 2 amide bonds. The maximum atomic E-state index is 13.3. The van der Waals surface area contributed by atoms with Crippen LogP contribution in [0.2, 0.25) is 5.02 Å². The van der Waals surface area contributed by atoms with Crippen LogP contribution >= 0.6 is 22.9 Å². The van der Waals surface area contributed by atoms with E-state index >= 15 is 0 Å². The van der Waals surface area contributed by atoms with E-state index in [0.29, 0.717) is 29.7 Å². The van der Waals surface area contributed by atoms with E-state index < -0.39 is 0 Å². The summed E-state index contributed by atoms with van der Waals surface area (Å²) in [5.41, 5.74) is 1.11. The smallest absolute Gasteiger partial charge is 0.242 e. The average molecular weight is 459 g/mol. The van der Waals surface area contributed by atoms with E-state index in [9.17, 15) is 9.59 Å². The van der Waals surface area contributed by atoms with Crippen molar-refractivity contribution in [1.29, 1.82) is 0 Å². The molecule has 0 saturated carbocycles. The van der Waals surface area contributed by atoms with E-state index in [1.54, 1.807) is 41.9 Å². The van der Waals surface area contributed by atoms with E-state index in [1.165, 1.54) is 16.7 Å². The molecule has 1 aliphatic heterocycles. The van der Waals surface area contributed by atoms with E-state index in [4.69, 9.17) is 20.8 Å². The molecule has 4 rings (SSSR count). The second kappa shape index (κ2) is 9.58. The van der Waals surface area contributed by atoms with Crippen LogP contribution in [0, 0.1) is 0 Å². The lowest BCUT2D eigenvalue weighted by Gasteiger charge is -2.37. The number of amides is 2. The molecule has 1 unspecified atom stereocenters. The summed E-state index contributed by atoms with van der Waals surface area (Å²) in [6, 6.07) is 12.6. The summed E-state index contributed by atoms with van der Waals surface area (Å²) in [6.45, 7) is 2.64. The Bertz CT molecular complexity index is 1030. The lowest BCUT2D eigenvalue weighted by molar-refractivity contribution is -0.142. The van der Waals surface area contributed by atoms with Crippen molar-refractivity contribution in [3.63, 3.8) is 0 Å². The molecular weight excluding hydrogens is 436 g/mol. The fourth-order valence-electron chi connectivity index (χ4n) is 3.70. The van der Waals surface area contributed by atoms with Crippen molar-refractivity contribution in [2.45, 2.75) is 25.9 Å². The molecule has 3 heterocycles. The van der Waals surface area contributed by atoms with Crippen LogP contribution in [0.5, 0.6) is 5.75 Å². The van der Waals surface area contributed by atoms with Crippen molar-refractivity contribution in [2.24, 2.45) is 0 Å². The largest absolute Gasteiger partial charge is 0.491 e. The quantitative estimate of drug-likeness (QED) is 0.521. The summed E-state index contributed by atoms with van der Waals surface area (Å²) in [6.07, 6.45) is 2.36. The molecule has 0 radical (unpaired) electrons. The minimum atomic E-state index is -0.212. The first-order valence-corrected chi connectivity index (χ1v) is 11.3. The molecule has 1 aliphatic rings. The van der Waals surface area contributed by atoms with Gasteiger partial charge in [-0.15, -0.1) is 11.3 Å². The van der Waals surface area contributed by atoms with Crippen molar-refractivity contribution in [3.8, 4) is 5.75 Å².